The summed E-state index contributed by atoms with van der Waals surface area (Å²) in [4.78, 5) is 97.6. The first-order chi connectivity index (χ1) is 32.3. The summed E-state index contributed by atoms with van der Waals surface area (Å²) in [5, 5.41) is 0. The van der Waals surface area contributed by atoms with Gasteiger partial charge in [0.15, 0.2) is 48.8 Å². The van der Waals surface area contributed by atoms with Crippen LogP contribution in [0.3, 0.4) is 0 Å². The van der Waals surface area contributed by atoms with Crippen molar-refractivity contribution in [2.75, 3.05) is 26.4 Å². The first-order valence-electron chi connectivity index (χ1n) is 21.8. The van der Waals surface area contributed by atoms with E-state index in [2.05, 4.69) is 23.7 Å². The van der Waals surface area contributed by atoms with Gasteiger partial charge in [0.2, 0.25) is 0 Å². The van der Waals surface area contributed by atoms with Gasteiger partial charge in [-0.25, -0.2) is 0 Å². The Kier molecular flexibility index (Phi) is 16.3. The number of hydrogen-bond donors (Lipinski definition) is 0. The zero-order chi connectivity index (χ0) is 49.4. The van der Waals surface area contributed by atoms with E-state index in [0.717, 1.165) is 63.8 Å². The summed E-state index contributed by atoms with van der Waals surface area (Å²) >= 11 is 0. The number of carbonyl (C=O) groups is 8. The van der Waals surface area contributed by atoms with Gasteiger partial charge in [0.25, 0.3) is 0 Å². The predicted octanol–water partition coefficient (Wildman–Crippen LogP) is 2.72. The van der Waals surface area contributed by atoms with E-state index < -0.39 is 127 Å². The zero-order valence-electron chi connectivity index (χ0n) is 38.7. The molecule has 0 unspecified atom stereocenters. The molecule has 3 aliphatic heterocycles. The number of fused-ring (bicyclic) bond motifs is 5. The first kappa shape index (κ1) is 50.6. The highest BCUT2D eigenvalue weighted by Gasteiger charge is 2.53. The number of benzene rings is 2. The first-order valence-corrected chi connectivity index (χ1v) is 21.8. The number of carbonyl (C=O) groups excluding carboxylic acids is 8. The van der Waals surface area contributed by atoms with Crippen molar-refractivity contribution in [2.45, 2.75) is 135 Å². The number of hydrogen-bond acceptors (Lipinski definition) is 19. The lowest BCUT2D eigenvalue weighted by atomic mass is 9.72. The van der Waals surface area contributed by atoms with Crippen molar-refractivity contribution in [2.24, 2.45) is 0 Å². The summed E-state index contributed by atoms with van der Waals surface area (Å²) in [6, 6.07) is 11.4. The van der Waals surface area contributed by atoms with Crippen LogP contribution >= 0.6 is 0 Å². The molecule has 1 aliphatic carbocycles. The van der Waals surface area contributed by atoms with Crippen molar-refractivity contribution in [3.63, 3.8) is 0 Å². The molecule has 3 fully saturated rings. The third-order valence-corrected chi connectivity index (χ3v) is 11.4. The SMILES string of the molecule is CC(=O)OC[C@H]1O[C@H](C#Cc2ccc3c(c2)C2(CCOCC2)c2cc(C#C[C@H]4O[C@H](COC(C)=O)[C@@H](OC(C)=O)[C@@H](OC(C)=O)[C@@H]4OC(C)=O)ccc2-3)[C@@H](OC(C)=O)[C@@H](OC(C)=O)[C@@H]1OC(C)=O. The van der Waals surface area contributed by atoms with Gasteiger partial charge in [-0.3, -0.25) is 38.4 Å². The number of rotatable bonds is 10. The van der Waals surface area contributed by atoms with Crippen LogP contribution in [0.2, 0.25) is 0 Å². The fourth-order valence-electron chi connectivity index (χ4n) is 8.91. The lowest BCUT2D eigenvalue weighted by Crippen LogP contribution is -2.62. The molecule has 3 saturated heterocycles. The molecule has 0 amide bonds. The molecule has 4 aliphatic rings. The van der Waals surface area contributed by atoms with E-state index >= 15 is 0 Å². The van der Waals surface area contributed by atoms with Crippen molar-refractivity contribution in [1.29, 1.82) is 0 Å². The molecule has 362 valence electrons. The summed E-state index contributed by atoms with van der Waals surface area (Å²) in [5.41, 5.74) is 4.37. The third kappa shape index (κ3) is 12.0. The Morgan fingerprint density at radius 3 is 1.16 bits per heavy atom. The smallest absolute Gasteiger partial charge is 0.303 e. The van der Waals surface area contributed by atoms with Crippen molar-refractivity contribution < 1.29 is 90.5 Å². The molecule has 0 radical (unpaired) electrons. The second-order valence-corrected chi connectivity index (χ2v) is 16.5. The Morgan fingerprint density at radius 1 is 0.485 bits per heavy atom. The van der Waals surface area contributed by atoms with Crippen LogP contribution in [0.25, 0.3) is 11.1 Å². The molecule has 0 aromatic heterocycles. The lowest BCUT2D eigenvalue weighted by Gasteiger charge is -2.42. The molecule has 3 heterocycles. The van der Waals surface area contributed by atoms with Gasteiger partial charge in [0.05, 0.1) is 0 Å². The molecule has 19 heteroatoms. The number of ether oxygens (including phenoxy) is 11. The lowest BCUT2D eigenvalue weighted by molar-refractivity contribution is -0.243. The molecule has 6 rings (SSSR count). The maximum absolute atomic E-state index is 12.4. The van der Waals surface area contributed by atoms with Crippen LogP contribution in [0, 0.1) is 23.7 Å². The Balaban J connectivity index is 1.37. The van der Waals surface area contributed by atoms with Gasteiger partial charge >= 0.3 is 47.8 Å². The molecule has 0 bridgehead atoms. The topological polar surface area (TPSA) is 238 Å². The molecular weight excluding hydrogens is 893 g/mol. The molecular formula is C49H52O19. The minimum absolute atomic E-state index is 0.396. The fraction of sp³-hybridized carbons (Fsp3) is 0.510. The molecule has 1 spiro atoms. The van der Waals surface area contributed by atoms with Crippen LogP contribution in [-0.4, -0.2) is 135 Å². The van der Waals surface area contributed by atoms with E-state index in [4.69, 9.17) is 52.1 Å². The van der Waals surface area contributed by atoms with Crippen molar-refractivity contribution >= 4 is 47.8 Å². The molecule has 68 heavy (non-hydrogen) atoms. The zero-order valence-corrected chi connectivity index (χ0v) is 38.7. The quantitative estimate of drug-likeness (QED) is 0.189. The molecule has 10 atom stereocenters. The van der Waals surface area contributed by atoms with Gasteiger partial charge in [-0.05, 0) is 59.4 Å². The van der Waals surface area contributed by atoms with Crippen LogP contribution < -0.4 is 0 Å². The second-order valence-electron chi connectivity index (χ2n) is 16.5. The maximum atomic E-state index is 12.4. The van der Waals surface area contributed by atoms with Crippen molar-refractivity contribution in [3.05, 3.63) is 58.7 Å². The highest BCUT2D eigenvalue weighted by Crippen LogP contribution is 2.54. The molecule has 0 N–H and O–H groups in total. The Bertz CT molecular complexity index is 2280. The number of esters is 8. The average Bonchev–Trinajstić information content (AvgIpc) is 3.50. The van der Waals surface area contributed by atoms with Gasteiger partial charge in [0.1, 0.15) is 25.4 Å². The van der Waals surface area contributed by atoms with E-state index in [-0.39, 0.29) is 0 Å². The molecule has 0 saturated carbocycles. The summed E-state index contributed by atoms with van der Waals surface area (Å²) < 4.78 is 62.0. The van der Waals surface area contributed by atoms with Crippen molar-refractivity contribution in [3.8, 4) is 34.8 Å². The molecule has 2 aromatic carbocycles. The second kappa shape index (κ2) is 21.9. The standard InChI is InChI=1S/C49H52O19/c1-25(50)59-23-41-45(63-29(5)54)47(65-31(7)56)43(61-27(3)52)39(67-41)15-11-33-9-13-35-36-14-10-34(22-38(36)49(37(35)21-33)17-19-58-20-18-49)12-16-40-44(62-28(4)53)48(66-32(8)57)46(64-30(6)55)42(68-40)24-60-26(2)51/h9-10,13-14,21-22,39-48H,17-20,23-24H2,1-8H3/t39-,40-,41-,42-,43-,44-,45-,46-,47-,48+/m1/s1. The Morgan fingerprint density at radius 2 is 0.824 bits per heavy atom. The Labute approximate surface area is 392 Å². The maximum Gasteiger partial charge on any atom is 0.303 e. The highest BCUT2D eigenvalue weighted by molar-refractivity contribution is 5.83. The summed E-state index contributed by atoms with van der Waals surface area (Å²) in [6.45, 7) is 9.32. The third-order valence-electron chi connectivity index (χ3n) is 11.4. The highest BCUT2D eigenvalue weighted by atomic mass is 16.7. The molecule has 19 nitrogen and oxygen atoms in total. The van der Waals surface area contributed by atoms with E-state index in [1.54, 1.807) is 0 Å². The van der Waals surface area contributed by atoms with Gasteiger partial charge in [0, 0.05) is 85.1 Å². The van der Waals surface area contributed by atoms with Crippen LogP contribution in [0.15, 0.2) is 36.4 Å². The average molecular weight is 945 g/mol. The normalized spacial score (nSPS) is 26.3. The fourth-order valence-corrected chi connectivity index (χ4v) is 8.91. The van der Waals surface area contributed by atoms with Crippen LogP contribution in [0.5, 0.6) is 0 Å². The summed E-state index contributed by atoms with van der Waals surface area (Å²) in [7, 11) is 0. The summed E-state index contributed by atoms with van der Waals surface area (Å²) in [5.74, 6) is 6.48. The predicted molar refractivity (Wildman–Crippen MR) is 230 cm³/mol. The van der Waals surface area contributed by atoms with E-state index in [0.29, 0.717) is 37.2 Å². The van der Waals surface area contributed by atoms with E-state index in [9.17, 15) is 38.4 Å². The van der Waals surface area contributed by atoms with Gasteiger partial charge < -0.3 is 52.1 Å². The van der Waals surface area contributed by atoms with Crippen LogP contribution in [-0.2, 0) is 95.9 Å². The van der Waals surface area contributed by atoms with E-state index in [1.807, 2.05) is 36.4 Å². The van der Waals surface area contributed by atoms with Gasteiger partial charge in [-0.15, -0.1) is 0 Å². The summed E-state index contributed by atoms with van der Waals surface area (Å²) in [6.07, 6.45) is -11.7. The van der Waals surface area contributed by atoms with Gasteiger partial charge in [-0.2, -0.15) is 0 Å². The Hall–Kier alpha value is -6.80. The van der Waals surface area contributed by atoms with Crippen molar-refractivity contribution in [1.82, 2.24) is 0 Å². The minimum Gasteiger partial charge on any atom is -0.463 e. The molecule has 2 aromatic rings. The van der Waals surface area contributed by atoms with E-state index in [1.165, 1.54) is 13.8 Å². The van der Waals surface area contributed by atoms with Crippen LogP contribution in [0.1, 0.15) is 90.5 Å². The minimum atomic E-state index is -1.38. The van der Waals surface area contributed by atoms with Crippen LogP contribution in [0.4, 0.5) is 0 Å². The van der Waals surface area contributed by atoms with Gasteiger partial charge in [-0.1, -0.05) is 35.8 Å². The largest absolute Gasteiger partial charge is 0.463 e. The monoisotopic (exact) mass is 944 g/mol.